The van der Waals surface area contributed by atoms with Crippen molar-refractivity contribution in [2.45, 2.75) is 19.4 Å². The van der Waals surface area contributed by atoms with Gasteiger partial charge in [0.1, 0.15) is 6.20 Å². The first-order valence-electron chi connectivity index (χ1n) is 5.49. The van der Waals surface area contributed by atoms with Crippen molar-refractivity contribution in [2.24, 2.45) is 0 Å². The number of aromatic nitrogens is 2. The van der Waals surface area contributed by atoms with Gasteiger partial charge in [-0.25, -0.2) is 0 Å². The van der Waals surface area contributed by atoms with Crippen LogP contribution in [0.4, 0.5) is 11.6 Å². The molecule has 2 aromatic rings. The number of fused-ring (bicyclic) bond motifs is 1. The summed E-state index contributed by atoms with van der Waals surface area (Å²) in [6.07, 6.45) is 2.41. The van der Waals surface area contributed by atoms with Crippen molar-refractivity contribution in [2.75, 3.05) is 19.0 Å². The molecule has 98 valence electrons. The number of ether oxygens (including phenoxy) is 1. The van der Waals surface area contributed by atoms with E-state index in [-0.39, 0.29) is 11.9 Å². The summed E-state index contributed by atoms with van der Waals surface area (Å²) in [5.74, 6) is 0.297. The summed E-state index contributed by atoms with van der Waals surface area (Å²) >= 11 is 1.37. The molecule has 7 nitrogen and oxygen atoms in total. The highest BCUT2D eigenvalue weighted by Gasteiger charge is 2.24. The number of rotatable bonds is 6. The van der Waals surface area contributed by atoms with Crippen molar-refractivity contribution < 1.29 is 9.66 Å². The van der Waals surface area contributed by atoms with Crippen molar-refractivity contribution in [3.05, 3.63) is 21.7 Å². The van der Waals surface area contributed by atoms with Crippen LogP contribution in [0.2, 0.25) is 0 Å². The lowest BCUT2D eigenvalue weighted by molar-refractivity contribution is -0.389. The van der Waals surface area contributed by atoms with Gasteiger partial charge in [0.15, 0.2) is 0 Å². The molecule has 2 aromatic heterocycles. The zero-order valence-electron chi connectivity index (χ0n) is 10.1. The predicted octanol–water partition coefficient (Wildman–Crippen LogP) is 2.14. The minimum absolute atomic E-state index is 0.0180. The van der Waals surface area contributed by atoms with Crippen molar-refractivity contribution in [3.63, 3.8) is 0 Å². The predicted molar refractivity (Wildman–Crippen MR) is 69.3 cm³/mol. The Morgan fingerprint density at radius 3 is 3.17 bits per heavy atom. The number of methoxy groups -OCH3 is 1. The van der Waals surface area contributed by atoms with Gasteiger partial charge in [0.05, 0.1) is 0 Å². The van der Waals surface area contributed by atoms with E-state index in [2.05, 4.69) is 10.3 Å². The minimum Gasteiger partial charge on any atom is -0.385 e. The standard InChI is InChI=1S/C10H14N4O3S/c1-7(3-5-17-2)11-8-9(14(15)16)13-4-6-18-10(13)12-8/h4,6-7,11H,3,5H2,1-2H3. The summed E-state index contributed by atoms with van der Waals surface area (Å²) in [7, 11) is 1.63. The smallest absolute Gasteiger partial charge is 0.372 e. The van der Waals surface area contributed by atoms with Gasteiger partial charge in [0.25, 0.3) is 4.96 Å². The summed E-state index contributed by atoms with van der Waals surface area (Å²) in [6, 6.07) is 0.0632. The highest BCUT2D eigenvalue weighted by molar-refractivity contribution is 7.15. The van der Waals surface area contributed by atoms with Crippen LogP contribution in [-0.4, -0.2) is 34.1 Å². The first-order chi connectivity index (χ1) is 8.63. The Balaban J connectivity index is 2.24. The molecule has 8 heteroatoms. The Morgan fingerprint density at radius 2 is 2.50 bits per heavy atom. The molecule has 0 saturated heterocycles. The molecule has 0 bridgehead atoms. The second kappa shape index (κ2) is 5.32. The topological polar surface area (TPSA) is 81.7 Å². The van der Waals surface area contributed by atoms with Gasteiger partial charge in [-0.2, -0.15) is 9.38 Å². The largest absolute Gasteiger partial charge is 0.385 e. The summed E-state index contributed by atoms with van der Waals surface area (Å²) < 4.78 is 6.46. The second-order valence-corrected chi connectivity index (χ2v) is 4.80. The van der Waals surface area contributed by atoms with Crippen LogP contribution in [-0.2, 0) is 4.74 Å². The van der Waals surface area contributed by atoms with Gasteiger partial charge < -0.3 is 20.2 Å². The molecular weight excluding hydrogens is 256 g/mol. The van der Waals surface area contributed by atoms with Crippen molar-refractivity contribution in [1.29, 1.82) is 0 Å². The fourth-order valence-electron chi connectivity index (χ4n) is 1.65. The lowest BCUT2D eigenvalue weighted by Gasteiger charge is -2.11. The molecule has 2 heterocycles. The van der Waals surface area contributed by atoms with Crippen LogP contribution in [0.15, 0.2) is 11.6 Å². The Hall–Kier alpha value is -1.67. The summed E-state index contributed by atoms with van der Waals surface area (Å²) in [4.78, 5) is 15.5. The SMILES string of the molecule is COCCC(C)Nc1nc2sccn2c1[N+](=O)[O-]. The number of hydrogen-bond donors (Lipinski definition) is 1. The van der Waals surface area contributed by atoms with Crippen molar-refractivity contribution in [3.8, 4) is 0 Å². The van der Waals surface area contributed by atoms with E-state index in [0.717, 1.165) is 6.42 Å². The first-order valence-corrected chi connectivity index (χ1v) is 6.37. The molecule has 0 radical (unpaired) electrons. The molecule has 0 amide bonds. The van der Waals surface area contributed by atoms with Crippen molar-refractivity contribution >= 4 is 27.9 Å². The fraction of sp³-hybridized carbons (Fsp3) is 0.500. The van der Waals surface area contributed by atoms with Gasteiger partial charge in [0, 0.05) is 25.1 Å². The second-order valence-electron chi connectivity index (χ2n) is 3.92. The van der Waals surface area contributed by atoms with Crippen LogP contribution in [0, 0.1) is 10.1 Å². The molecule has 1 atom stereocenters. The monoisotopic (exact) mass is 270 g/mol. The van der Waals surface area contributed by atoms with Gasteiger partial charge in [-0.15, -0.1) is 0 Å². The normalized spacial score (nSPS) is 12.8. The third kappa shape index (κ3) is 2.44. The number of hydrogen-bond acceptors (Lipinski definition) is 6. The van der Waals surface area contributed by atoms with E-state index < -0.39 is 4.92 Å². The molecule has 2 rings (SSSR count). The maximum atomic E-state index is 11.1. The third-order valence-electron chi connectivity index (χ3n) is 2.55. The molecule has 1 unspecified atom stereocenters. The molecule has 1 N–H and O–H groups in total. The number of nitrogens with zero attached hydrogens (tertiary/aromatic N) is 3. The number of nitro groups is 1. The molecule has 0 aliphatic rings. The van der Waals surface area contributed by atoms with Crippen molar-refractivity contribution in [1.82, 2.24) is 9.38 Å². The van der Waals surface area contributed by atoms with E-state index >= 15 is 0 Å². The molecule has 0 aliphatic heterocycles. The van der Waals surface area contributed by atoms with Crippen LogP contribution >= 0.6 is 11.3 Å². The highest BCUT2D eigenvalue weighted by Crippen LogP contribution is 2.28. The first kappa shape index (κ1) is 12.8. The van der Waals surface area contributed by atoms with E-state index in [1.54, 1.807) is 18.7 Å². The van der Waals surface area contributed by atoms with Gasteiger partial charge in [-0.3, -0.25) is 0 Å². The summed E-state index contributed by atoms with van der Waals surface area (Å²) in [5, 5.41) is 15.9. The minimum atomic E-state index is -0.419. The van der Waals surface area contributed by atoms with Crippen LogP contribution in [0.5, 0.6) is 0 Å². The van der Waals surface area contributed by atoms with E-state index in [1.165, 1.54) is 15.7 Å². The van der Waals surface area contributed by atoms with Gasteiger partial charge in [-0.1, -0.05) is 11.3 Å². The van der Waals surface area contributed by atoms with E-state index in [1.807, 2.05) is 6.92 Å². The number of anilines is 1. The maximum Gasteiger partial charge on any atom is 0.372 e. The van der Waals surface area contributed by atoms with Crippen LogP contribution in [0.25, 0.3) is 4.96 Å². The molecule has 0 fully saturated rings. The maximum absolute atomic E-state index is 11.1. The highest BCUT2D eigenvalue weighted by atomic mass is 32.1. The average molecular weight is 270 g/mol. The Labute approximate surface area is 108 Å². The summed E-state index contributed by atoms with van der Waals surface area (Å²) in [5.41, 5.74) is 0. The fourth-order valence-corrected chi connectivity index (χ4v) is 2.35. The van der Waals surface area contributed by atoms with E-state index in [0.29, 0.717) is 17.4 Å². The van der Waals surface area contributed by atoms with E-state index in [4.69, 9.17) is 4.74 Å². The molecule has 18 heavy (non-hydrogen) atoms. The lowest BCUT2D eigenvalue weighted by Crippen LogP contribution is -2.18. The number of imidazole rings is 1. The quantitative estimate of drug-likeness (QED) is 0.642. The summed E-state index contributed by atoms with van der Waals surface area (Å²) in [6.45, 7) is 2.54. The van der Waals surface area contributed by atoms with Gasteiger partial charge in [-0.05, 0) is 18.3 Å². The van der Waals surface area contributed by atoms with Crippen LogP contribution in [0.3, 0.4) is 0 Å². The molecule has 0 spiro atoms. The van der Waals surface area contributed by atoms with Gasteiger partial charge in [0.2, 0.25) is 5.82 Å². The van der Waals surface area contributed by atoms with Gasteiger partial charge >= 0.3 is 5.82 Å². The lowest BCUT2D eigenvalue weighted by atomic mass is 10.2. The molecular formula is C10H14N4O3S. The Kier molecular flexibility index (Phi) is 3.78. The Bertz CT molecular complexity index is 550. The third-order valence-corrected chi connectivity index (χ3v) is 3.30. The molecule has 0 aliphatic carbocycles. The Morgan fingerprint density at radius 1 is 1.72 bits per heavy atom. The zero-order valence-corrected chi connectivity index (χ0v) is 10.9. The van der Waals surface area contributed by atoms with E-state index in [9.17, 15) is 10.1 Å². The number of thiazole rings is 1. The zero-order chi connectivity index (χ0) is 13.1. The molecule has 0 saturated carbocycles. The van der Waals surface area contributed by atoms with Crippen LogP contribution in [0.1, 0.15) is 13.3 Å². The van der Waals surface area contributed by atoms with Crippen LogP contribution < -0.4 is 5.32 Å². The molecule has 0 aromatic carbocycles. The average Bonchev–Trinajstić information content (AvgIpc) is 2.85. The number of nitrogens with one attached hydrogen (secondary N) is 1.